The second-order valence-corrected chi connectivity index (χ2v) is 9.05. The van der Waals surface area contributed by atoms with E-state index < -0.39 is 10.0 Å². The average molecular weight is 429 g/mol. The van der Waals surface area contributed by atoms with Gasteiger partial charge in [0.2, 0.25) is 0 Å². The number of benzene rings is 3. The number of sulfonamides is 1. The van der Waals surface area contributed by atoms with E-state index in [0.717, 1.165) is 11.1 Å². The molecule has 150 valence electrons. The Kier molecular flexibility index (Phi) is 6.25. The molecular weight excluding hydrogens is 408 g/mol. The molecule has 0 aliphatic heterocycles. The normalized spacial score (nSPS) is 11.1. The summed E-state index contributed by atoms with van der Waals surface area (Å²) >= 11 is 5.83. The monoisotopic (exact) mass is 428 g/mol. The number of amides is 1. The lowest BCUT2D eigenvalue weighted by atomic mass is 10.1. The van der Waals surface area contributed by atoms with Crippen molar-refractivity contribution in [2.45, 2.75) is 18.4 Å². The van der Waals surface area contributed by atoms with Crippen molar-refractivity contribution in [2.75, 3.05) is 11.4 Å². The van der Waals surface area contributed by atoms with Gasteiger partial charge in [-0.3, -0.25) is 9.10 Å². The minimum Gasteiger partial charge on any atom is -0.348 e. The lowest BCUT2D eigenvalue weighted by Crippen LogP contribution is -2.27. The molecule has 3 aromatic rings. The molecule has 0 atom stereocenters. The number of hydrogen-bond acceptors (Lipinski definition) is 3. The van der Waals surface area contributed by atoms with E-state index in [1.54, 1.807) is 24.3 Å². The van der Waals surface area contributed by atoms with E-state index in [0.29, 0.717) is 22.8 Å². The molecule has 0 spiro atoms. The van der Waals surface area contributed by atoms with Crippen molar-refractivity contribution in [3.05, 3.63) is 94.5 Å². The molecule has 0 saturated carbocycles. The topological polar surface area (TPSA) is 66.5 Å². The van der Waals surface area contributed by atoms with E-state index in [1.807, 2.05) is 31.2 Å². The van der Waals surface area contributed by atoms with Crippen molar-refractivity contribution in [3.8, 4) is 0 Å². The summed E-state index contributed by atoms with van der Waals surface area (Å²) in [5.74, 6) is -0.222. The molecule has 29 heavy (non-hydrogen) atoms. The molecule has 0 aromatic heterocycles. The molecule has 0 aliphatic carbocycles. The lowest BCUT2D eigenvalue weighted by molar-refractivity contribution is 0.0951. The maximum absolute atomic E-state index is 12.7. The predicted molar refractivity (Wildman–Crippen MR) is 116 cm³/mol. The van der Waals surface area contributed by atoms with Gasteiger partial charge in [-0.15, -0.1) is 0 Å². The highest BCUT2D eigenvalue weighted by Crippen LogP contribution is 2.23. The van der Waals surface area contributed by atoms with E-state index in [2.05, 4.69) is 5.32 Å². The first-order valence-corrected chi connectivity index (χ1v) is 10.8. The lowest BCUT2D eigenvalue weighted by Gasteiger charge is -2.19. The van der Waals surface area contributed by atoms with Gasteiger partial charge in [0.05, 0.1) is 10.6 Å². The molecule has 5 nitrogen and oxygen atoms in total. The van der Waals surface area contributed by atoms with Gasteiger partial charge in [0.1, 0.15) is 0 Å². The average Bonchev–Trinajstić information content (AvgIpc) is 2.73. The van der Waals surface area contributed by atoms with Crippen LogP contribution in [0.25, 0.3) is 0 Å². The van der Waals surface area contributed by atoms with E-state index in [9.17, 15) is 13.2 Å². The fourth-order valence-electron chi connectivity index (χ4n) is 2.72. The molecule has 1 amide bonds. The molecule has 0 radical (unpaired) electrons. The second-order valence-electron chi connectivity index (χ2n) is 6.64. The Balaban J connectivity index is 1.69. The number of carbonyl (C=O) groups is 1. The molecule has 0 bridgehead atoms. The highest BCUT2D eigenvalue weighted by atomic mass is 35.5. The van der Waals surface area contributed by atoms with Crippen LogP contribution < -0.4 is 9.62 Å². The van der Waals surface area contributed by atoms with Crippen LogP contribution in [-0.4, -0.2) is 21.4 Å². The van der Waals surface area contributed by atoms with Crippen LogP contribution in [0.2, 0.25) is 5.02 Å². The Bertz CT molecular complexity index is 1090. The highest BCUT2D eigenvalue weighted by Gasteiger charge is 2.21. The van der Waals surface area contributed by atoms with Crippen molar-refractivity contribution in [1.82, 2.24) is 5.32 Å². The van der Waals surface area contributed by atoms with Gasteiger partial charge in [-0.25, -0.2) is 8.42 Å². The van der Waals surface area contributed by atoms with Crippen LogP contribution in [0.3, 0.4) is 0 Å². The zero-order chi connectivity index (χ0) is 21.0. The third-order valence-corrected chi connectivity index (χ3v) is 6.59. The van der Waals surface area contributed by atoms with E-state index >= 15 is 0 Å². The summed E-state index contributed by atoms with van der Waals surface area (Å²) in [6, 6.07) is 20.3. The minimum absolute atomic E-state index is 0.143. The number of halogens is 1. The van der Waals surface area contributed by atoms with Crippen LogP contribution >= 0.6 is 11.6 Å². The molecule has 0 unspecified atom stereocenters. The third kappa shape index (κ3) is 4.96. The summed E-state index contributed by atoms with van der Waals surface area (Å²) in [5, 5.41) is 3.33. The maximum Gasteiger partial charge on any atom is 0.264 e. The van der Waals surface area contributed by atoms with Crippen LogP contribution in [0.1, 0.15) is 21.5 Å². The standard InChI is InChI=1S/C22H21ClN2O3S/c1-16-3-5-17(6-4-16)15-24-22(26)18-7-11-20(12-8-18)25(2)29(27,28)21-13-9-19(23)10-14-21/h3-14H,15H2,1-2H3,(H,24,26). The van der Waals surface area contributed by atoms with Crippen LogP contribution in [0, 0.1) is 6.92 Å². The maximum atomic E-state index is 12.7. The quantitative estimate of drug-likeness (QED) is 0.632. The van der Waals surface area contributed by atoms with Gasteiger partial charge in [-0.05, 0) is 61.0 Å². The van der Waals surface area contributed by atoms with Gasteiger partial charge in [0.25, 0.3) is 15.9 Å². The first kappa shape index (κ1) is 20.9. The van der Waals surface area contributed by atoms with Crippen molar-refractivity contribution in [1.29, 1.82) is 0 Å². The Morgan fingerprint density at radius 1 is 0.931 bits per heavy atom. The van der Waals surface area contributed by atoms with Crippen molar-refractivity contribution in [2.24, 2.45) is 0 Å². The molecule has 0 aliphatic rings. The van der Waals surface area contributed by atoms with E-state index in [-0.39, 0.29) is 10.8 Å². The molecule has 3 rings (SSSR count). The molecule has 0 heterocycles. The molecular formula is C22H21ClN2O3S. The van der Waals surface area contributed by atoms with Gasteiger partial charge < -0.3 is 5.32 Å². The first-order chi connectivity index (χ1) is 13.8. The van der Waals surface area contributed by atoms with E-state index in [4.69, 9.17) is 11.6 Å². The number of aryl methyl sites for hydroxylation is 1. The van der Waals surface area contributed by atoms with Gasteiger partial charge in [-0.1, -0.05) is 41.4 Å². The Labute approximate surface area is 176 Å². The SMILES string of the molecule is Cc1ccc(CNC(=O)c2ccc(N(C)S(=O)(=O)c3ccc(Cl)cc3)cc2)cc1. The number of anilines is 1. The number of nitrogens with one attached hydrogen (secondary N) is 1. The smallest absolute Gasteiger partial charge is 0.264 e. The predicted octanol–water partition coefficient (Wildman–Crippen LogP) is 4.40. The van der Waals surface area contributed by atoms with Gasteiger partial charge >= 0.3 is 0 Å². The minimum atomic E-state index is -3.72. The Morgan fingerprint density at radius 2 is 1.52 bits per heavy atom. The number of rotatable bonds is 6. The number of hydrogen-bond donors (Lipinski definition) is 1. The summed E-state index contributed by atoms with van der Waals surface area (Å²) in [6.45, 7) is 2.43. The summed E-state index contributed by atoms with van der Waals surface area (Å²) < 4.78 is 26.7. The van der Waals surface area contributed by atoms with E-state index in [1.165, 1.54) is 35.6 Å². The van der Waals surface area contributed by atoms with Crippen LogP contribution in [-0.2, 0) is 16.6 Å². The van der Waals surface area contributed by atoms with Crippen LogP contribution in [0.5, 0.6) is 0 Å². The first-order valence-electron chi connectivity index (χ1n) is 8.96. The van der Waals surface area contributed by atoms with Gasteiger partial charge in [0, 0.05) is 24.2 Å². The summed E-state index contributed by atoms with van der Waals surface area (Å²) in [7, 11) is -2.25. The molecule has 1 N–H and O–H groups in total. The number of carbonyl (C=O) groups excluding carboxylic acids is 1. The van der Waals surface area contributed by atoms with Gasteiger partial charge in [0.15, 0.2) is 0 Å². The fraction of sp³-hybridized carbons (Fsp3) is 0.136. The summed E-state index contributed by atoms with van der Waals surface area (Å²) in [6.07, 6.45) is 0. The fourth-order valence-corrected chi connectivity index (χ4v) is 4.04. The molecule has 7 heteroatoms. The summed E-state index contributed by atoms with van der Waals surface area (Å²) in [4.78, 5) is 12.5. The van der Waals surface area contributed by atoms with Crippen molar-refractivity contribution < 1.29 is 13.2 Å². The largest absolute Gasteiger partial charge is 0.348 e. The van der Waals surface area contributed by atoms with Crippen molar-refractivity contribution in [3.63, 3.8) is 0 Å². The van der Waals surface area contributed by atoms with Crippen molar-refractivity contribution >= 4 is 33.2 Å². The Morgan fingerprint density at radius 3 is 2.10 bits per heavy atom. The second kappa shape index (κ2) is 8.68. The zero-order valence-electron chi connectivity index (χ0n) is 16.1. The van der Waals surface area contributed by atoms with Gasteiger partial charge in [-0.2, -0.15) is 0 Å². The van der Waals surface area contributed by atoms with Crippen LogP contribution in [0.4, 0.5) is 5.69 Å². The molecule has 0 fully saturated rings. The third-order valence-electron chi connectivity index (χ3n) is 4.54. The summed E-state index contributed by atoms with van der Waals surface area (Å²) in [5.41, 5.74) is 3.08. The Hall–Kier alpha value is -2.83. The highest BCUT2D eigenvalue weighted by molar-refractivity contribution is 7.92. The van der Waals surface area contributed by atoms with Crippen LogP contribution in [0.15, 0.2) is 77.7 Å². The molecule has 3 aromatic carbocycles. The zero-order valence-corrected chi connectivity index (χ0v) is 17.7. The number of nitrogens with zero attached hydrogens (tertiary/aromatic N) is 1. The molecule has 0 saturated heterocycles.